The molecule has 0 radical (unpaired) electrons. The highest BCUT2D eigenvalue weighted by molar-refractivity contribution is 5.81. The molecule has 0 atom stereocenters. The summed E-state index contributed by atoms with van der Waals surface area (Å²) in [6.45, 7) is 1.80. The van der Waals surface area contributed by atoms with Crippen molar-refractivity contribution in [3.05, 3.63) is 65.7 Å². The van der Waals surface area contributed by atoms with Crippen molar-refractivity contribution in [1.29, 1.82) is 0 Å². The molecule has 0 spiro atoms. The number of carbonyl (C=O) groups is 1. The maximum absolute atomic E-state index is 10.5. The Morgan fingerprint density at radius 3 is 2.06 bits per heavy atom. The van der Waals surface area contributed by atoms with E-state index in [-0.39, 0.29) is 0 Å². The molecule has 0 unspecified atom stereocenters. The molecule has 1 nitrogen and oxygen atoms in total. The Labute approximate surface area is 101 Å². The van der Waals surface area contributed by atoms with E-state index in [0.29, 0.717) is 0 Å². The Bertz CT molecular complexity index is 521. The summed E-state index contributed by atoms with van der Waals surface area (Å²) in [5.74, 6) is 0. The van der Waals surface area contributed by atoms with Crippen molar-refractivity contribution in [2.45, 2.75) is 6.92 Å². The average Bonchev–Trinajstić information content (AvgIpc) is 2.40. The number of carbonyl (C=O) groups excluding carboxylic acids is 1. The van der Waals surface area contributed by atoms with Gasteiger partial charge in [0, 0.05) is 0 Å². The van der Waals surface area contributed by atoms with E-state index in [4.69, 9.17) is 0 Å². The lowest BCUT2D eigenvalue weighted by molar-refractivity contribution is -0.104. The van der Waals surface area contributed by atoms with Crippen LogP contribution in [0.15, 0.2) is 60.2 Å². The first-order valence-corrected chi connectivity index (χ1v) is 5.58. The fourth-order valence-corrected chi connectivity index (χ4v) is 1.70. The molecule has 0 amide bonds. The largest absolute Gasteiger partial charge is 0.298 e. The molecule has 2 rings (SSSR count). The van der Waals surface area contributed by atoms with Gasteiger partial charge in [0.25, 0.3) is 0 Å². The van der Waals surface area contributed by atoms with Crippen molar-refractivity contribution >= 4 is 12.4 Å². The molecule has 2 aromatic carbocycles. The molecule has 0 heterocycles. The summed E-state index contributed by atoms with van der Waals surface area (Å²) in [6.07, 6.45) is 2.74. The van der Waals surface area contributed by atoms with Crippen molar-refractivity contribution in [3.63, 3.8) is 0 Å². The predicted octanol–water partition coefficient (Wildman–Crippen LogP) is 3.96. The molecule has 2 aromatic rings. The second kappa shape index (κ2) is 5.26. The highest BCUT2D eigenvalue weighted by Crippen LogP contribution is 2.19. The number of benzene rings is 2. The minimum Gasteiger partial charge on any atom is -0.298 e. The molecule has 0 saturated carbocycles. The minimum atomic E-state index is 0.734. The molecule has 0 bridgehead atoms. The lowest BCUT2D eigenvalue weighted by Gasteiger charge is -2.02. The number of aldehydes is 1. The van der Waals surface area contributed by atoms with Gasteiger partial charge in [0.2, 0.25) is 0 Å². The van der Waals surface area contributed by atoms with Crippen LogP contribution in [0.5, 0.6) is 0 Å². The van der Waals surface area contributed by atoms with Gasteiger partial charge in [0.1, 0.15) is 6.29 Å². The number of hydrogen-bond acceptors (Lipinski definition) is 1. The van der Waals surface area contributed by atoms with Gasteiger partial charge >= 0.3 is 0 Å². The van der Waals surface area contributed by atoms with Gasteiger partial charge in [-0.05, 0) is 35.3 Å². The summed E-state index contributed by atoms with van der Waals surface area (Å²) in [6, 6.07) is 18.4. The fraction of sp³-hybridized carbons (Fsp3) is 0.0625. The van der Waals surface area contributed by atoms with Crippen molar-refractivity contribution in [2.24, 2.45) is 0 Å². The van der Waals surface area contributed by atoms with Crippen LogP contribution in [0.2, 0.25) is 0 Å². The Morgan fingerprint density at radius 2 is 1.47 bits per heavy atom. The molecule has 0 N–H and O–H groups in total. The predicted molar refractivity (Wildman–Crippen MR) is 71.6 cm³/mol. The normalized spacial score (nSPS) is 11.2. The smallest absolute Gasteiger partial charge is 0.145 e. The van der Waals surface area contributed by atoms with Crippen LogP contribution in [0, 0.1) is 0 Å². The molecule has 0 fully saturated rings. The van der Waals surface area contributed by atoms with Gasteiger partial charge in [-0.25, -0.2) is 0 Å². The second-order valence-corrected chi connectivity index (χ2v) is 3.99. The summed E-state index contributed by atoms with van der Waals surface area (Å²) in [7, 11) is 0. The Kier molecular flexibility index (Phi) is 3.51. The second-order valence-electron chi connectivity index (χ2n) is 3.99. The highest BCUT2D eigenvalue weighted by atomic mass is 16.1. The third kappa shape index (κ3) is 2.91. The Balaban J connectivity index is 2.28. The van der Waals surface area contributed by atoms with E-state index in [0.717, 1.165) is 17.4 Å². The molecule has 1 heteroatoms. The van der Waals surface area contributed by atoms with Crippen LogP contribution in [-0.2, 0) is 4.79 Å². The fourth-order valence-electron chi connectivity index (χ4n) is 1.70. The standard InChI is InChI=1S/C16H14O/c1-13(12-17)11-14-7-9-16(10-8-14)15-5-3-2-4-6-15/h2-12H,1H3. The summed E-state index contributed by atoms with van der Waals surface area (Å²) < 4.78 is 0. The van der Waals surface area contributed by atoms with Crippen LogP contribution >= 0.6 is 0 Å². The topological polar surface area (TPSA) is 17.1 Å². The van der Waals surface area contributed by atoms with Gasteiger partial charge in [-0.1, -0.05) is 54.6 Å². The molecule has 0 aliphatic heterocycles. The first-order chi connectivity index (χ1) is 8.29. The van der Waals surface area contributed by atoms with Gasteiger partial charge in [0.05, 0.1) is 0 Å². The molecule has 0 aliphatic rings. The van der Waals surface area contributed by atoms with E-state index in [1.165, 1.54) is 11.1 Å². The van der Waals surface area contributed by atoms with E-state index in [1.807, 2.05) is 36.4 Å². The van der Waals surface area contributed by atoms with Gasteiger partial charge in [0.15, 0.2) is 0 Å². The van der Waals surface area contributed by atoms with Crippen LogP contribution in [-0.4, -0.2) is 6.29 Å². The first-order valence-electron chi connectivity index (χ1n) is 5.58. The highest BCUT2D eigenvalue weighted by Gasteiger charge is 1.96. The van der Waals surface area contributed by atoms with E-state index in [1.54, 1.807) is 6.92 Å². The van der Waals surface area contributed by atoms with E-state index < -0.39 is 0 Å². The van der Waals surface area contributed by atoms with Crippen LogP contribution in [0.1, 0.15) is 12.5 Å². The Morgan fingerprint density at radius 1 is 0.882 bits per heavy atom. The van der Waals surface area contributed by atoms with Gasteiger partial charge in [-0.15, -0.1) is 0 Å². The Hall–Kier alpha value is -2.15. The van der Waals surface area contributed by atoms with Crippen LogP contribution in [0.25, 0.3) is 17.2 Å². The maximum atomic E-state index is 10.5. The number of hydrogen-bond donors (Lipinski definition) is 0. The van der Waals surface area contributed by atoms with Gasteiger partial charge in [-0.2, -0.15) is 0 Å². The van der Waals surface area contributed by atoms with Crippen molar-refractivity contribution in [3.8, 4) is 11.1 Å². The summed E-state index contributed by atoms with van der Waals surface area (Å²) in [5.41, 5.74) is 4.17. The van der Waals surface area contributed by atoms with E-state index in [9.17, 15) is 4.79 Å². The summed E-state index contributed by atoms with van der Waals surface area (Å²) in [4.78, 5) is 10.5. The third-order valence-electron chi connectivity index (χ3n) is 2.60. The lowest BCUT2D eigenvalue weighted by Crippen LogP contribution is -1.80. The molecule has 17 heavy (non-hydrogen) atoms. The van der Waals surface area contributed by atoms with Gasteiger partial charge < -0.3 is 0 Å². The third-order valence-corrected chi connectivity index (χ3v) is 2.60. The molecular formula is C16H14O. The average molecular weight is 222 g/mol. The summed E-state index contributed by atoms with van der Waals surface area (Å²) >= 11 is 0. The molecule has 0 saturated heterocycles. The van der Waals surface area contributed by atoms with E-state index >= 15 is 0 Å². The van der Waals surface area contributed by atoms with Crippen molar-refractivity contribution < 1.29 is 4.79 Å². The van der Waals surface area contributed by atoms with Crippen molar-refractivity contribution in [2.75, 3.05) is 0 Å². The quantitative estimate of drug-likeness (QED) is 0.567. The zero-order valence-corrected chi connectivity index (χ0v) is 9.76. The monoisotopic (exact) mass is 222 g/mol. The maximum Gasteiger partial charge on any atom is 0.145 e. The number of allylic oxidation sites excluding steroid dienone is 1. The summed E-state index contributed by atoms with van der Waals surface area (Å²) in [5, 5.41) is 0. The SMILES string of the molecule is CC(C=O)=Cc1ccc(-c2ccccc2)cc1. The zero-order valence-electron chi connectivity index (χ0n) is 9.76. The number of rotatable bonds is 3. The molecule has 0 aromatic heterocycles. The molecule has 0 aliphatic carbocycles. The van der Waals surface area contributed by atoms with Crippen LogP contribution in [0.4, 0.5) is 0 Å². The first kappa shape index (κ1) is 11.3. The lowest BCUT2D eigenvalue weighted by atomic mass is 10.0. The van der Waals surface area contributed by atoms with Crippen molar-refractivity contribution in [1.82, 2.24) is 0 Å². The molecule has 84 valence electrons. The van der Waals surface area contributed by atoms with E-state index in [2.05, 4.69) is 24.3 Å². The van der Waals surface area contributed by atoms with Crippen LogP contribution < -0.4 is 0 Å². The zero-order chi connectivity index (χ0) is 12.1. The van der Waals surface area contributed by atoms with Crippen LogP contribution in [0.3, 0.4) is 0 Å². The minimum absolute atomic E-state index is 0.734. The van der Waals surface area contributed by atoms with Gasteiger partial charge in [-0.3, -0.25) is 4.79 Å². The molecular weight excluding hydrogens is 208 g/mol.